The lowest BCUT2D eigenvalue weighted by atomic mass is 10.1. The Bertz CT molecular complexity index is 1600. The minimum absolute atomic E-state index is 0.136. The Hall–Kier alpha value is -4.53. The molecule has 1 amide bonds. The van der Waals surface area contributed by atoms with Gasteiger partial charge >= 0.3 is 0 Å². The van der Waals surface area contributed by atoms with Crippen LogP contribution in [0.1, 0.15) is 25.3 Å². The van der Waals surface area contributed by atoms with Crippen LogP contribution in [0.5, 0.6) is 0 Å². The van der Waals surface area contributed by atoms with Crippen molar-refractivity contribution in [3.8, 4) is 11.3 Å². The second-order valence-corrected chi connectivity index (χ2v) is 9.08. The summed E-state index contributed by atoms with van der Waals surface area (Å²) < 4.78 is 1.87. The zero-order valence-electron chi connectivity index (χ0n) is 20.0. The number of anilines is 3. The van der Waals surface area contributed by atoms with Gasteiger partial charge in [-0.05, 0) is 37.1 Å². The van der Waals surface area contributed by atoms with Crippen molar-refractivity contribution < 1.29 is 4.79 Å². The summed E-state index contributed by atoms with van der Waals surface area (Å²) in [6.07, 6.45) is 3.79. The quantitative estimate of drug-likeness (QED) is 0.388. The number of amides is 1. The molecule has 36 heavy (non-hydrogen) atoms. The number of pyridine rings is 1. The van der Waals surface area contributed by atoms with E-state index >= 15 is 0 Å². The van der Waals surface area contributed by atoms with Gasteiger partial charge in [-0.3, -0.25) is 4.79 Å². The van der Waals surface area contributed by atoms with E-state index in [-0.39, 0.29) is 5.91 Å². The van der Waals surface area contributed by atoms with Crippen molar-refractivity contribution in [1.82, 2.24) is 24.7 Å². The lowest BCUT2D eigenvalue weighted by Gasteiger charge is -2.21. The van der Waals surface area contributed by atoms with Crippen molar-refractivity contribution in [2.45, 2.75) is 26.3 Å². The van der Waals surface area contributed by atoms with Gasteiger partial charge in [-0.2, -0.15) is 5.10 Å². The van der Waals surface area contributed by atoms with Crippen molar-refractivity contribution >= 4 is 45.2 Å². The molecule has 1 aliphatic heterocycles. The van der Waals surface area contributed by atoms with E-state index in [1.54, 1.807) is 0 Å². The van der Waals surface area contributed by atoms with Crippen LogP contribution in [-0.2, 0) is 11.3 Å². The van der Waals surface area contributed by atoms with Crippen molar-refractivity contribution in [2.24, 2.45) is 0 Å². The fourth-order valence-electron chi connectivity index (χ4n) is 4.92. The molecule has 0 bridgehead atoms. The molecule has 3 N–H and O–H groups in total. The van der Waals surface area contributed by atoms with Gasteiger partial charge in [0.25, 0.3) is 0 Å². The van der Waals surface area contributed by atoms with Crippen LogP contribution in [0.15, 0.2) is 60.9 Å². The molecule has 5 aromatic rings. The third-order valence-corrected chi connectivity index (χ3v) is 6.52. The predicted molar refractivity (Wildman–Crippen MR) is 142 cm³/mol. The largest absolute Gasteiger partial charge is 0.383 e. The molecule has 2 aromatic carbocycles. The Labute approximate surface area is 208 Å². The SMILES string of the molecule is CC(=O)Nc1cccc(-c2nn(Cc3cc4ccccc4nc3N3CCCC3)c3ncnc(N)c23)c1. The van der Waals surface area contributed by atoms with Crippen LogP contribution in [0.3, 0.4) is 0 Å². The zero-order valence-corrected chi connectivity index (χ0v) is 20.0. The summed E-state index contributed by atoms with van der Waals surface area (Å²) in [5.74, 6) is 1.22. The number of benzene rings is 2. The van der Waals surface area contributed by atoms with Crippen LogP contribution in [0.4, 0.5) is 17.3 Å². The van der Waals surface area contributed by atoms with E-state index in [1.165, 1.54) is 13.3 Å². The van der Waals surface area contributed by atoms with E-state index in [2.05, 4.69) is 38.4 Å². The van der Waals surface area contributed by atoms with Gasteiger partial charge in [0.05, 0.1) is 17.4 Å². The molecule has 1 aliphatic rings. The van der Waals surface area contributed by atoms with Crippen molar-refractivity contribution in [3.63, 3.8) is 0 Å². The van der Waals surface area contributed by atoms with Gasteiger partial charge in [0.1, 0.15) is 23.7 Å². The summed E-state index contributed by atoms with van der Waals surface area (Å²) in [5, 5.41) is 9.57. The number of carbonyl (C=O) groups excluding carboxylic acids is 1. The Morgan fingerprint density at radius 1 is 1.06 bits per heavy atom. The average molecular weight is 479 g/mol. The van der Waals surface area contributed by atoms with E-state index in [0.717, 1.165) is 53.8 Å². The molecule has 0 aliphatic carbocycles. The van der Waals surface area contributed by atoms with Crippen molar-refractivity contribution in [2.75, 3.05) is 29.0 Å². The summed E-state index contributed by atoms with van der Waals surface area (Å²) in [6, 6.07) is 17.9. The summed E-state index contributed by atoms with van der Waals surface area (Å²) in [4.78, 5) is 27.8. The maximum Gasteiger partial charge on any atom is 0.221 e. The minimum Gasteiger partial charge on any atom is -0.383 e. The fraction of sp³-hybridized carbons (Fsp3) is 0.222. The molecule has 6 rings (SSSR count). The first kappa shape index (κ1) is 22.0. The van der Waals surface area contributed by atoms with Crippen LogP contribution < -0.4 is 16.0 Å². The number of nitrogens with one attached hydrogen (secondary N) is 1. The molecular formula is C27H26N8O. The van der Waals surface area contributed by atoms with Crippen molar-refractivity contribution in [3.05, 3.63) is 66.5 Å². The normalized spacial score (nSPS) is 13.5. The molecule has 1 fully saturated rings. The molecule has 1 saturated heterocycles. The number of nitrogens with two attached hydrogens (primary N) is 1. The molecule has 180 valence electrons. The second kappa shape index (κ2) is 8.92. The highest BCUT2D eigenvalue weighted by molar-refractivity contribution is 5.99. The Morgan fingerprint density at radius 2 is 1.89 bits per heavy atom. The second-order valence-electron chi connectivity index (χ2n) is 9.08. The van der Waals surface area contributed by atoms with E-state index in [1.807, 2.05) is 41.1 Å². The highest BCUT2D eigenvalue weighted by Gasteiger charge is 2.22. The van der Waals surface area contributed by atoms with E-state index < -0.39 is 0 Å². The lowest BCUT2D eigenvalue weighted by Crippen LogP contribution is -2.21. The van der Waals surface area contributed by atoms with Crippen LogP contribution in [0.2, 0.25) is 0 Å². The predicted octanol–water partition coefficient (Wildman–Crippen LogP) is 4.23. The molecule has 0 spiro atoms. The lowest BCUT2D eigenvalue weighted by molar-refractivity contribution is -0.114. The summed E-state index contributed by atoms with van der Waals surface area (Å²) in [6.45, 7) is 3.96. The van der Waals surface area contributed by atoms with Crippen molar-refractivity contribution in [1.29, 1.82) is 0 Å². The first-order valence-corrected chi connectivity index (χ1v) is 12.1. The Morgan fingerprint density at radius 3 is 2.72 bits per heavy atom. The number of rotatable bonds is 5. The molecule has 0 saturated carbocycles. The number of nitrogens with zero attached hydrogens (tertiary/aromatic N) is 6. The summed E-state index contributed by atoms with van der Waals surface area (Å²) in [7, 11) is 0. The highest BCUT2D eigenvalue weighted by Crippen LogP contribution is 2.33. The number of hydrogen-bond acceptors (Lipinski definition) is 7. The van der Waals surface area contributed by atoms with Gasteiger partial charge in [-0.25, -0.2) is 19.6 Å². The smallest absolute Gasteiger partial charge is 0.221 e. The summed E-state index contributed by atoms with van der Waals surface area (Å²) >= 11 is 0. The number of carbonyl (C=O) groups is 1. The number of aromatic nitrogens is 5. The van der Waals surface area contributed by atoms with E-state index in [4.69, 9.17) is 15.8 Å². The minimum atomic E-state index is -0.136. The average Bonchev–Trinajstić information content (AvgIpc) is 3.53. The van der Waals surface area contributed by atoms with Crippen LogP contribution >= 0.6 is 0 Å². The number of hydrogen-bond donors (Lipinski definition) is 2. The topological polar surface area (TPSA) is 115 Å². The summed E-state index contributed by atoms with van der Waals surface area (Å²) in [5.41, 5.74) is 11.2. The van der Waals surface area contributed by atoms with E-state index in [0.29, 0.717) is 34.8 Å². The molecule has 0 radical (unpaired) electrons. The monoisotopic (exact) mass is 478 g/mol. The first-order chi connectivity index (χ1) is 17.6. The fourth-order valence-corrected chi connectivity index (χ4v) is 4.92. The zero-order chi connectivity index (χ0) is 24.6. The van der Waals surface area contributed by atoms with Gasteiger partial charge < -0.3 is 16.0 Å². The maximum absolute atomic E-state index is 11.6. The number of nitrogen functional groups attached to an aromatic ring is 1. The van der Waals surface area contributed by atoms with Gasteiger partial charge in [0, 0.05) is 42.2 Å². The molecule has 9 heteroatoms. The third-order valence-electron chi connectivity index (χ3n) is 6.52. The van der Waals surface area contributed by atoms with Crippen LogP contribution in [0.25, 0.3) is 33.2 Å². The van der Waals surface area contributed by atoms with E-state index in [9.17, 15) is 4.79 Å². The Kier molecular flexibility index (Phi) is 5.44. The number of fused-ring (bicyclic) bond motifs is 2. The molecule has 4 heterocycles. The van der Waals surface area contributed by atoms with Gasteiger partial charge in [0.15, 0.2) is 5.65 Å². The van der Waals surface area contributed by atoms with Crippen LogP contribution in [-0.4, -0.2) is 43.7 Å². The van der Waals surface area contributed by atoms with Gasteiger partial charge in [0.2, 0.25) is 5.91 Å². The first-order valence-electron chi connectivity index (χ1n) is 12.1. The molecule has 9 nitrogen and oxygen atoms in total. The third kappa shape index (κ3) is 3.98. The van der Waals surface area contributed by atoms with Gasteiger partial charge in [-0.15, -0.1) is 0 Å². The van der Waals surface area contributed by atoms with Gasteiger partial charge in [-0.1, -0.05) is 30.3 Å². The number of para-hydroxylation sites is 1. The molecule has 3 aromatic heterocycles. The standard InChI is InChI=1S/C27H26N8O/c1-17(36)31-21-9-6-8-19(14-21)24-23-25(28)29-16-30-27(23)35(33-24)15-20-13-18-7-2-3-10-22(18)32-26(20)34-11-4-5-12-34/h2-3,6-10,13-14,16H,4-5,11-12,15H2,1H3,(H,31,36)(H2,28,29,30). The maximum atomic E-state index is 11.6. The molecular weight excluding hydrogens is 452 g/mol. The Balaban J connectivity index is 1.49. The highest BCUT2D eigenvalue weighted by atomic mass is 16.1. The van der Waals surface area contributed by atoms with Crippen LogP contribution in [0, 0.1) is 0 Å². The molecule has 0 unspecified atom stereocenters. The molecule has 0 atom stereocenters.